The zero-order valence-corrected chi connectivity index (χ0v) is 15.4. The summed E-state index contributed by atoms with van der Waals surface area (Å²) in [5.41, 5.74) is 1.90. The number of hydrogen-bond acceptors (Lipinski definition) is 6. The molecule has 6 nitrogen and oxygen atoms in total. The molecular weight excluding hydrogens is 334 g/mol. The van der Waals surface area contributed by atoms with Crippen LogP contribution in [0.1, 0.15) is 24.3 Å². The lowest BCUT2D eigenvalue weighted by atomic mass is 10.1. The number of hydrogen-bond donors (Lipinski definition) is 0. The van der Waals surface area contributed by atoms with Crippen LogP contribution in [-0.2, 0) is 14.2 Å². The van der Waals surface area contributed by atoms with Crippen LogP contribution in [0.15, 0.2) is 42.5 Å². The van der Waals surface area contributed by atoms with Gasteiger partial charge < -0.3 is 18.9 Å². The number of pyridine rings is 1. The van der Waals surface area contributed by atoms with Crippen molar-refractivity contribution >= 4 is 5.97 Å². The van der Waals surface area contributed by atoms with E-state index < -0.39 is 5.97 Å². The van der Waals surface area contributed by atoms with Gasteiger partial charge in [0.2, 0.25) is 0 Å². The molecule has 0 atom stereocenters. The SMILES string of the molecule is COCCOCCOc1ccc(-c2cccc(C(=O)OC(C)C)n2)cc1. The average Bonchev–Trinajstić information content (AvgIpc) is 2.64. The van der Waals surface area contributed by atoms with Crippen molar-refractivity contribution in [1.29, 1.82) is 0 Å². The monoisotopic (exact) mass is 359 g/mol. The highest BCUT2D eigenvalue weighted by Gasteiger charge is 2.12. The van der Waals surface area contributed by atoms with Crippen LogP contribution in [-0.4, -0.2) is 50.6 Å². The van der Waals surface area contributed by atoms with Crippen molar-refractivity contribution < 1.29 is 23.7 Å². The molecule has 0 radical (unpaired) electrons. The molecule has 0 bridgehead atoms. The fraction of sp³-hybridized carbons (Fsp3) is 0.400. The molecule has 0 aliphatic heterocycles. The molecular formula is C20H25NO5. The minimum Gasteiger partial charge on any atom is -0.491 e. The number of rotatable bonds is 10. The first-order valence-electron chi connectivity index (χ1n) is 8.58. The van der Waals surface area contributed by atoms with E-state index in [9.17, 15) is 4.79 Å². The summed E-state index contributed by atoms with van der Waals surface area (Å²) in [4.78, 5) is 16.4. The van der Waals surface area contributed by atoms with Gasteiger partial charge in [0.15, 0.2) is 0 Å². The first-order chi connectivity index (χ1) is 12.6. The summed E-state index contributed by atoms with van der Waals surface area (Å²) in [5, 5.41) is 0. The van der Waals surface area contributed by atoms with Crippen LogP contribution in [0.5, 0.6) is 5.75 Å². The highest BCUT2D eigenvalue weighted by molar-refractivity contribution is 5.88. The van der Waals surface area contributed by atoms with E-state index in [4.69, 9.17) is 18.9 Å². The normalized spacial score (nSPS) is 10.8. The zero-order valence-electron chi connectivity index (χ0n) is 15.4. The van der Waals surface area contributed by atoms with Crippen LogP contribution >= 0.6 is 0 Å². The maximum absolute atomic E-state index is 12.0. The molecule has 0 spiro atoms. The summed E-state index contributed by atoms with van der Waals surface area (Å²) in [6.07, 6.45) is -0.178. The molecule has 0 unspecified atom stereocenters. The molecule has 0 N–H and O–H groups in total. The Morgan fingerprint density at radius 1 is 1.00 bits per heavy atom. The van der Waals surface area contributed by atoms with Crippen molar-refractivity contribution in [2.24, 2.45) is 0 Å². The van der Waals surface area contributed by atoms with Gasteiger partial charge in [0.05, 0.1) is 31.6 Å². The first kappa shape index (κ1) is 19.9. The number of carbonyl (C=O) groups is 1. The fourth-order valence-electron chi connectivity index (χ4n) is 2.17. The highest BCUT2D eigenvalue weighted by Crippen LogP contribution is 2.21. The summed E-state index contributed by atoms with van der Waals surface area (Å²) in [6, 6.07) is 12.8. The van der Waals surface area contributed by atoms with Crippen LogP contribution in [0.25, 0.3) is 11.3 Å². The van der Waals surface area contributed by atoms with Crippen LogP contribution in [0.4, 0.5) is 0 Å². The second-order valence-electron chi connectivity index (χ2n) is 5.84. The standard InChI is InChI=1S/C20H25NO5/c1-15(2)26-20(22)19-6-4-5-18(21-19)16-7-9-17(10-8-16)25-14-13-24-12-11-23-3/h4-10,15H,11-14H2,1-3H3. The fourth-order valence-corrected chi connectivity index (χ4v) is 2.17. The van der Waals surface area contributed by atoms with Crippen LogP contribution in [0.3, 0.4) is 0 Å². The van der Waals surface area contributed by atoms with Crippen molar-refractivity contribution in [1.82, 2.24) is 4.98 Å². The zero-order chi connectivity index (χ0) is 18.8. The molecule has 0 amide bonds. The Kier molecular flexibility index (Phi) is 8.05. The minimum atomic E-state index is -0.421. The van der Waals surface area contributed by atoms with E-state index in [2.05, 4.69) is 4.98 Å². The Bertz CT molecular complexity index is 685. The van der Waals surface area contributed by atoms with E-state index in [1.165, 1.54) is 0 Å². The molecule has 0 aliphatic carbocycles. The molecule has 1 aromatic heterocycles. The van der Waals surface area contributed by atoms with Crippen molar-refractivity contribution in [2.45, 2.75) is 20.0 Å². The van der Waals surface area contributed by atoms with Crippen LogP contribution in [0, 0.1) is 0 Å². The number of aromatic nitrogens is 1. The third-order valence-electron chi connectivity index (χ3n) is 3.38. The Labute approximate surface area is 154 Å². The van der Waals surface area contributed by atoms with Gasteiger partial charge in [-0.3, -0.25) is 0 Å². The lowest BCUT2D eigenvalue weighted by Gasteiger charge is -2.09. The van der Waals surface area contributed by atoms with Gasteiger partial charge in [-0.1, -0.05) is 6.07 Å². The maximum atomic E-state index is 12.0. The summed E-state index contributed by atoms with van der Waals surface area (Å²) in [5.74, 6) is 0.328. The van der Waals surface area contributed by atoms with E-state index in [1.807, 2.05) is 44.2 Å². The molecule has 0 saturated carbocycles. The predicted octanol–water partition coefficient (Wildman–Crippen LogP) is 3.36. The number of benzene rings is 1. The molecule has 6 heteroatoms. The summed E-state index contributed by atoms with van der Waals surface area (Å²) in [7, 11) is 1.64. The van der Waals surface area contributed by atoms with Gasteiger partial charge in [-0.2, -0.15) is 0 Å². The minimum absolute atomic E-state index is 0.178. The second-order valence-corrected chi connectivity index (χ2v) is 5.84. The molecule has 2 aromatic rings. The van der Waals surface area contributed by atoms with E-state index in [-0.39, 0.29) is 6.10 Å². The van der Waals surface area contributed by atoms with Crippen molar-refractivity contribution in [3.05, 3.63) is 48.2 Å². The number of esters is 1. The van der Waals surface area contributed by atoms with Gasteiger partial charge in [0, 0.05) is 12.7 Å². The second kappa shape index (κ2) is 10.5. The Morgan fingerprint density at radius 3 is 2.42 bits per heavy atom. The molecule has 0 fully saturated rings. The van der Waals surface area contributed by atoms with Gasteiger partial charge in [-0.15, -0.1) is 0 Å². The van der Waals surface area contributed by atoms with E-state index >= 15 is 0 Å². The van der Waals surface area contributed by atoms with E-state index in [1.54, 1.807) is 19.2 Å². The molecule has 1 heterocycles. The third-order valence-corrected chi connectivity index (χ3v) is 3.38. The lowest BCUT2D eigenvalue weighted by Crippen LogP contribution is -2.13. The van der Waals surface area contributed by atoms with Crippen LogP contribution < -0.4 is 4.74 Å². The summed E-state index contributed by atoms with van der Waals surface area (Å²) in [6.45, 7) is 5.72. The lowest BCUT2D eigenvalue weighted by molar-refractivity contribution is 0.0371. The quantitative estimate of drug-likeness (QED) is 0.479. The molecule has 0 aliphatic rings. The molecule has 0 saturated heterocycles. The number of carbonyl (C=O) groups excluding carboxylic acids is 1. The number of nitrogens with zero attached hydrogens (tertiary/aromatic N) is 1. The smallest absolute Gasteiger partial charge is 0.357 e. The number of methoxy groups -OCH3 is 1. The van der Waals surface area contributed by atoms with E-state index in [0.717, 1.165) is 11.3 Å². The largest absolute Gasteiger partial charge is 0.491 e. The summed E-state index contributed by atoms with van der Waals surface area (Å²) < 4.78 is 21.1. The Hall–Kier alpha value is -2.44. The molecule has 140 valence electrons. The van der Waals surface area contributed by atoms with Gasteiger partial charge in [-0.05, 0) is 50.2 Å². The molecule has 2 rings (SSSR count). The van der Waals surface area contributed by atoms with Crippen molar-refractivity contribution in [2.75, 3.05) is 33.5 Å². The van der Waals surface area contributed by atoms with Gasteiger partial charge in [-0.25, -0.2) is 9.78 Å². The maximum Gasteiger partial charge on any atom is 0.357 e. The molecule has 1 aromatic carbocycles. The Morgan fingerprint density at radius 2 is 1.73 bits per heavy atom. The number of ether oxygens (including phenoxy) is 4. The van der Waals surface area contributed by atoms with Crippen molar-refractivity contribution in [3.8, 4) is 17.0 Å². The van der Waals surface area contributed by atoms with E-state index in [0.29, 0.717) is 37.8 Å². The molecule has 26 heavy (non-hydrogen) atoms. The average molecular weight is 359 g/mol. The van der Waals surface area contributed by atoms with Gasteiger partial charge >= 0.3 is 5.97 Å². The third kappa shape index (κ3) is 6.46. The summed E-state index contributed by atoms with van der Waals surface area (Å²) >= 11 is 0. The highest BCUT2D eigenvalue weighted by atomic mass is 16.5. The van der Waals surface area contributed by atoms with Crippen molar-refractivity contribution in [3.63, 3.8) is 0 Å². The van der Waals surface area contributed by atoms with Gasteiger partial charge in [0.25, 0.3) is 0 Å². The van der Waals surface area contributed by atoms with Gasteiger partial charge in [0.1, 0.15) is 18.1 Å². The predicted molar refractivity (Wildman–Crippen MR) is 98.4 cm³/mol. The van der Waals surface area contributed by atoms with Crippen LogP contribution in [0.2, 0.25) is 0 Å². The first-order valence-corrected chi connectivity index (χ1v) is 8.58. The Balaban J connectivity index is 1.92. The topological polar surface area (TPSA) is 66.9 Å².